The molecular weight excluding hydrogens is 654 g/mol. The van der Waals surface area contributed by atoms with E-state index >= 15 is 0 Å². The number of fused-ring (bicyclic) bond motifs is 10. The molecule has 0 N–H and O–H groups in total. The maximum atomic E-state index is 6.02. The molecule has 2 saturated carbocycles. The molecule has 10 aliphatic heterocycles. The Morgan fingerprint density at radius 2 is 1.02 bits per heavy atom. The Balaban J connectivity index is 1.04. The minimum atomic E-state index is -3.88. The SMILES string of the molecule is COc1c(C)cc(P(c2cc(C)c(OC)c(C)c2)[C]23[CH]4[CH]5[CH]6[C@@]2(C(C)P(C2CCCCC2)C2CCCCC2)[Fe]54632789[CH]3[CH]2[CH]7[CH]8[CH]39)cc1C. The number of ether oxygens (including phenoxy) is 2. The second-order valence-corrected chi connectivity index (χ2v) is 50.2. The fourth-order valence-corrected chi connectivity index (χ4v) is 125. The van der Waals surface area contributed by atoms with Crippen LogP contribution in [0.25, 0.3) is 0 Å². The molecule has 6 atom stereocenters. The molecule has 254 valence electrons. The summed E-state index contributed by atoms with van der Waals surface area (Å²) >= 11 is 0. The summed E-state index contributed by atoms with van der Waals surface area (Å²) in [5.41, 5.74) is 8.75. The van der Waals surface area contributed by atoms with Crippen LogP contribution in [0.5, 0.6) is 11.5 Å². The predicted octanol–water partition coefficient (Wildman–Crippen LogP) is 11.6. The third kappa shape index (κ3) is 0.889. The van der Waals surface area contributed by atoms with E-state index < -0.39 is 14.4 Å². The van der Waals surface area contributed by atoms with Gasteiger partial charge >= 0.3 is 277 Å². The van der Waals surface area contributed by atoms with Crippen LogP contribution < -0.4 is 20.1 Å². The van der Waals surface area contributed by atoms with Gasteiger partial charge in [0.1, 0.15) is 0 Å². The van der Waals surface area contributed by atoms with Gasteiger partial charge in [-0.15, -0.1) is 0 Å². The van der Waals surface area contributed by atoms with Crippen molar-refractivity contribution < 1.29 is 16.0 Å². The molecule has 0 aromatic heterocycles. The Kier molecular flexibility index (Phi) is 2.82. The van der Waals surface area contributed by atoms with Crippen molar-refractivity contribution in [2.75, 3.05) is 14.2 Å². The van der Waals surface area contributed by atoms with Crippen LogP contribution >= 0.6 is 15.8 Å². The number of hydrogen-bond donors (Lipinski definition) is 0. The van der Waals surface area contributed by atoms with E-state index in [2.05, 4.69) is 58.9 Å². The zero-order valence-electron chi connectivity index (χ0n) is 29.8. The van der Waals surface area contributed by atoms with Gasteiger partial charge in [0.25, 0.3) is 0 Å². The standard InChI is InChI=1S/C37H51O2P2.C5H5.Fe/c1-25-21-32(22-26(2)36(25)38-6)41(33-23-27(3)37(39-7)28(4)24-33)35-20-14-19-34(35)29(5)40(30-15-10-8-11-16-30)31-17-12-9-13-18-31;1-2-4-5-3-1;/h14,19-24,29-31H,8-13,15-18H2,1-7H3;1-5H;. The molecular formula is C42H56FeO2P2. The molecule has 0 radical (unpaired) electrons. The van der Waals surface area contributed by atoms with Gasteiger partial charge < -0.3 is 0 Å². The van der Waals surface area contributed by atoms with Crippen LogP contribution in [0.15, 0.2) is 24.3 Å². The Bertz CT molecular complexity index is 2090. The first-order valence-electron chi connectivity index (χ1n) is 19.6. The zero-order valence-corrected chi connectivity index (χ0v) is 32.7. The number of methoxy groups -OCH3 is 2. The van der Waals surface area contributed by atoms with Crippen LogP contribution in [0.4, 0.5) is 0 Å². The van der Waals surface area contributed by atoms with E-state index in [1.54, 1.807) is 36.3 Å². The molecule has 0 amide bonds. The topological polar surface area (TPSA) is 18.5 Å². The van der Waals surface area contributed by atoms with Crippen molar-refractivity contribution in [2.45, 2.75) is 163 Å². The van der Waals surface area contributed by atoms with Crippen molar-refractivity contribution in [3.8, 4) is 11.5 Å². The zero-order chi connectivity index (χ0) is 31.8. The number of benzene rings is 2. The molecule has 1 spiro atoms. The van der Waals surface area contributed by atoms with E-state index in [-0.39, 0.29) is 7.92 Å². The summed E-state index contributed by atoms with van der Waals surface area (Å²) in [6.45, 7) is 8.52. The molecule has 2 aromatic carbocycles. The van der Waals surface area contributed by atoms with Crippen LogP contribution in [0.1, 0.15) is 93.4 Å². The molecule has 10 heterocycles. The number of hydrogen-bond acceptors (Lipinski definition) is 2. The fourth-order valence-electron chi connectivity index (χ4n) is 25.6. The maximum absolute atomic E-state index is 6.02. The van der Waals surface area contributed by atoms with E-state index in [4.69, 9.17) is 9.47 Å². The summed E-state index contributed by atoms with van der Waals surface area (Å²) in [4.78, 5) is 10.6. The molecule has 2 nitrogen and oxygen atoms in total. The van der Waals surface area contributed by atoms with Crippen LogP contribution in [-0.4, -0.2) is 35.3 Å². The van der Waals surface area contributed by atoms with Gasteiger partial charge in [0, 0.05) is 0 Å². The van der Waals surface area contributed by atoms with Gasteiger partial charge in [-0.1, -0.05) is 0 Å². The monoisotopic (exact) mass is 710 g/mol. The summed E-state index contributed by atoms with van der Waals surface area (Å²) in [6.07, 6.45) is 15.5. The van der Waals surface area contributed by atoms with Crippen LogP contribution in [-0.2, 0) is 6.51 Å². The van der Waals surface area contributed by atoms with Crippen LogP contribution in [0, 0.1) is 27.7 Å². The van der Waals surface area contributed by atoms with Crippen molar-refractivity contribution in [1.29, 1.82) is 0 Å². The molecule has 12 aliphatic rings. The number of rotatable bonds is 9. The first-order valence-corrected chi connectivity index (χ1v) is 28.7. The molecule has 5 heteroatoms. The fraction of sp³-hybridized carbons (Fsp3) is 0.714. The average molecular weight is 711 g/mol. The summed E-state index contributed by atoms with van der Waals surface area (Å²) < 4.78 is 13.7. The summed E-state index contributed by atoms with van der Waals surface area (Å²) in [5, 5.41) is 3.50. The molecule has 5 unspecified atom stereocenters. The van der Waals surface area contributed by atoms with E-state index in [1.807, 2.05) is 14.2 Å². The van der Waals surface area contributed by atoms with Gasteiger partial charge in [0.05, 0.1) is 0 Å². The van der Waals surface area contributed by atoms with Gasteiger partial charge in [-0.25, -0.2) is 0 Å². The van der Waals surface area contributed by atoms with Gasteiger partial charge in [-0.3, -0.25) is 0 Å². The quantitative estimate of drug-likeness (QED) is 0.191. The summed E-state index contributed by atoms with van der Waals surface area (Å²) in [5.74, 6) is 2.24. The van der Waals surface area contributed by atoms with Gasteiger partial charge in [0.2, 0.25) is 0 Å². The Morgan fingerprint density at radius 1 is 0.617 bits per heavy atom. The minimum absolute atomic E-state index is 0.106. The molecule has 0 bridgehead atoms. The summed E-state index contributed by atoms with van der Waals surface area (Å²) in [7, 11) is 3.46. The first kappa shape index (κ1) is 27.1. The predicted molar refractivity (Wildman–Crippen MR) is 197 cm³/mol. The second kappa shape index (κ2) is 4.89. The van der Waals surface area contributed by atoms with Crippen LogP contribution in [0.2, 0.25) is 42.8 Å². The molecule has 12 fully saturated rings. The van der Waals surface area contributed by atoms with Gasteiger partial charge in [-0.05, 0) is 0 Å². The van der Waals surface area contributed by atoms with Crippen molar-refractivity contribution in [3.05, 3.63) is 46.5 Å². The van der Waals surface area contributed by atoms with Crippen molar-refractivity contribution >= 4 is 26.5 Å². The van der Waals surface area contributed by atoms with E-state index in [0.717, 1.165) is 36.8 Å². The van der Waals surface area contributed by atoms with Crippen molar-refractivity contribution in [1.82, 2.24) is 0 Å². The second-order valence-electron chi connectivity index (χ2n) is 21.0. The summed E-state index contributed by atoms with van der Waals surface area (Å²) in [6, 6.07) is 10.7. The normalized spacial score (nSPS) is 57.8. The third-order valence-corrected chi connectivity index (χ3v) is 78.5. The Labute approximate surface area is 276 Å². The first-order chi connectivity index (χ1) is 22.5. The Morgan fingerprint density at radius 3 is 1.36 bits per heavy atom. The van der Waals surface area contributed by atoms with E-state index in [1.165, 1.54) is 99.3 Å². The van der Waals surface area contributed by atoms with Crippen molar-refractivity contribution in [3.63, 3.8) is 0 Å². The third-order valence-electron chi connectivity index (χ3n) is 24.1. The molecule has 2 aromatic rings. The van der Waals surface area contributed by atoms with Gasteiger partial charge in [-0.2, -0.15) is 0 Å². The molecule has 14 rings (SSSR count). The molecule has 47 heavy (non-hydrogen) atoms. The average Bonchev–Trinajstić information content (AvgIpc) is 4.01. The van der Waals surface area contributed by atoms with Crippen molar-refractivity contribution in [2.24, 2.45) is 0 Å². The Hall–Kier alpha value is -0.581. The van der Waals surface area contributed by atoms with Crippen LogP contribution in [0.3, 0.4) is 0 Å². The number of aryl methyl sites for hydroxylation is 4. The van der Waals surface area contributed by atoms with Gasteiger partial charge in [0.15, 0.2) is 0 Å². The van der Waals surface area contributed by atoms with E-state index in [9.17, 15) is 0 Å². The van der Waals surface area contributed by atoms with E-state index in [0.29, 0.717) is 0 Å². The molecule has 2 aliphatic carbocycles. The molecule has 10 saturated heterocycles.